The van der Waals surface area contributed by atoms with Crippen LogP contribution in [-0.2, 0) is 6.54 Å². The number of methoxy groups -OCH3 is 1. The summed E-state index contributed by atoms with van der Waals surface area (Å²) >= 11 is 0. The lowest BCUT2D eigenvalue weighted by Gasteiger charge is -2.09. The third kappa shape index (κ3) is 2.88. The van der Waals surface area contributed by atoms with Crippen LogP contribution in [0.3, 0.4) is 0 Å². The van der Waals surface area contributed by atoms with Gasteiger partial charge in [-0.15, -0.1) is 0 Å². The monoisotopic (exact) mass is 198 g/mol. The van der Waals surface area contributed by atoms with Crippen LogP contribution in [0.5, 0.6) is 5.75 Å². The van der Waals surface area contributed by atoms with Crippen molar-refractivity contribution >= 4 is 5.69 Å². The van der Waals surface area contributed by atoms with E-state index < -0.39 is 0 Å². The number of hydrogen-bond donors (Lipinski definition) is 2. The summed E-state index contributed by atoms with van der Waals surface area (Å²) in [6.45, 7) is 0.542. The molecule has 0 saturated carbocycles. The van der Waals surface area contributed by atoms with Crippen LogP contribution in [0.15, 0.2) is 18.2 Å². The number of alkyl halides is 1. The highest BCUT2D eigenvalue weighted by atomic mass is 19.1. The van der Waals surface area contributed by atoms with Gasteiger partial charge in [-0.25, -0.2) is 4.39 Å². The fourth-order valence-corrected chi connectivity index (χ4v) is 1.23. The molecule has 0 fully saturated rings. The number of hydrogen-bond acceptors (Lipinski definition) is 3. The number of halogens is 1. The van der Waals surface area contributed by atoms with Crippen LogP contribution < -0.4 is 15.8 Å². The summed E-state index contributed by atoms with van der Waals surface area (Å²) in [6, 6.07) is 5.41. The molecule has 0 aliphatic rings. The number of nitrogen functional groups attached to an aromatic ring is 1. The summed E-state index contributed by atoms with van der Waals surface area (Å²) in [5.74, 6) is 0.769. The Hall–Kier alpha value is -1.29. The van der Waals surface area contributed by atoms with Gasteiger partial charge in [0.25, 0.3) is 0 Å². The van der Waals surface area contributed by atoms with Gasteiger partial charge in [0, 0.05) is 24.3 Å². The zero-order valence-corrected chi connectivity index (χ0v) is 8.22. The summed E-state index contributed by atoms with van der Waals surface area (Å²) < 4.78 is 17.0. The number of nitrogens with two attached hydrogens (primary N) is 1. The Morgan fingerprint density at radius 2 is 2.29 bits per heavy atom. The SMILES string of the molecule is COc1ccc(N)cc1CNCCF. The molecule has 0 radical (unpaired) electrons. The predicted molar refractivity (Wildman–Crippen MR) is 55.1 cm³/mol. The van der Waals surface area contributed by atoms with Crippen molar-refractivity contribution in [1.29, 1.82) is 0 Å². The van der Waals surface area contributed by atoms with Gasteiger partial charge < -0.3 is 15.8 Å². The van der Waals surface area contributed by atoms with E-state index in [1.54, 1.807) is 13.2 Å². The standard InChI is InChI=1S/C10H15FN2O/c1-14-10-3-2-9(12)6-8(10)7-13-5-4-11/h2-3,6,13H,4-5,7,12H2,1H3. The highest BCUT2D eigenvalue weighted by Gasteiger charge is 2.02. The molecule has 0 saturated heterocycles. The zero-order chi connectivity index (χ0) is 10.4. The van der Waals surface area contributed by atoms with Crippen LogP contribution in [0.4, 0.5) is 10.1 Å². The third-order valence-corrected chi connectivity index (χ3v) is 1.89. The van der Waals surface area contributed by atoms with E-state index in [-0.39, 0.29) is 6.67 Å². The van der Waals surface area contributed by atoms with Crippen LogP contribution in [0.25, 0.3) is 0 Å². The van der Waals surface area contributed by atoms with Crippen molar-refractivity contribution in [3.63, 3.8) is 0 Å². The smallest absolute Gasteiger partial charge is 0.123 e. The lowest BCUT2D eigenvalue weighted by Crippen LogP contribution is -2.16. The first-order valence-corrected chi connectivity index (χ1v) is 4.47. The summed E-state index contributed by atoms with van der Waals surface area (Å²) in [5, 5.41) is 2.94. The average molecular weight is 198 g/mol. The quantitative estimate of drug-likeness (QED) is 0.554. The van der Waals surface area contributed by atoms with Crippen LogP contribution in [0.2, 0.25) is 0 Å². The molecule has 0 bridgehead atoms. The largest absolute Gasteiger partial charge is 0.496 e. The van der Waals surface area contributed by atoms with Gasteiger partial charge in [0.2, 0.25) is 0 Å². The van der Waals surface area contributed by atoms with Crippen molar-refractivity contribution in [2.24, 2.45) is 0 Å². The Morgan fingerprint density at radius 1 is 1.50 bits per heavy atom. The fourth-order valence-electron chi connectivity index (χ4n) is 1.23. The van der Waals surface area contributed by atoms with Crippen LogP contribution >= 0.6 is 0 Å². The molecule has 0 atom stereocenters. The molecule has 1 aromatic rings. The average Bonchev–Trinajstić information content (AvgIpc) is 2.19. The minimum Gasteiger partial charge on any atom is -0.496 e. The molecule has 0 aliphatic heterocycles. The first-order chi connectivity index (χ1) is 6.77. The Balaban J connectivity index is 2.67. The minimum atomic E-state index is -0.370. The molecule has 3 N–H and O–H groups in total. The lowest BCUT2D eigenvalue weighted by molar-refractivity contribution is 0.405. The van der Waals surface area contributed by atoms with Crippen molar-refractivity contribution in [2.45, 2.75) is 6.54 Å². The predicted octanol–water partition coefficient (Wildman–Crippen LogP) is 1.34. The van der Waals surface area contributed by atoms with Crippen molar-refractivity contribution in [3.05, 3.63) is 23.8 Å². The number of anilines is 1. The van der Waals surface area contributed by atoms with E-state index >= 15 is 0 Å². The number of nitrogens with one attached hydrogen (secondary N) is 1. The van der Waals surface area contributed by atoms with E-state index in [4.69, 9.17) is 10.5 Å². The third-order valence-electron chi connectivity index (χ3n) is 1.89. The van der Waals surface area contributed by atoms with E-state index in [2.05, 4.69) is 5.32 Å². The Labute approximate surface area is 83.1 Å². The molecule has 0 spiro atoms. The molecule has 0 aliphatic carbocycles. The molecular formula is C10H15FN2O. The molecule has 0 aromatic heterocycles. The van der Waals surface area contributed by atoms with Crippen LogP contribution in [0.1, 0.15) is 5.56 Å². The zero-order valence-electron chi connectivity index (χ0n) is 8.22. The molecule has 78 valence electrons. The second kappa shape index (κ2) is 5.44. The van der Waals surface area contributed by atoms with Gasteiger partial charge in [-0.05, 0) is 18.2 Å². The second-order valence-electron chi connectivity index (χ2n) is 2.94. The van der Waals surface area contributed by atoms with Crippen molar-refractivity contribution < 1.29 is 9.13 Å². The number of rotatable bonds is 5. The minimum absolute atomic E-state index is 0.345. The Kier molecular flexibility index (Phi) is 4.19. The van der Waals surface area contributed by atoms with Crippen LogP contribution in [-0.4, -0.2) is 20.3 Å². The van der Waals surface area contributed by atoms with E-state index in [1.807, 2.05) is 12.1 Å². The van der Waals surface area contributed by atoms with Crippen molar-refractivity contribution in [1.82, 2.24) is 5.32 Å². The van der Waals surface area contributed by atoms with Gasteiger partial charge >= 0.3 is 0 Å². The first kappa shape index (κ1) is 10.8. The van der Waals surface area contributed by atoms with E-state index in [0.717, 1.165) is 11.3 Å². The number of ether oxygens (including phenoxy) is 1. The van der Waals surface area contributed by atoms with Gasteiger partial charge in [-0.3, -0.25) is 0 Å². The molecular weight excluding hydrogens is 183 g/mol. The molecule has 4 heteroatoms. The molecule has 1 rings (SSSR count). The van der Waals surface area contributed by atoms with E-state index in [0.29, 0.717) is 18.8 Å². The maximum absolute atomic E-state index is 11.8. The summed E-state index contributed by atoms with van der Waals surface area (Å²) in [6.07, 6.45) is 0. The summed E-state index contributed by atoms with van der Waals surface area (Å²) in [5.41, 5.74) is 7.26. The van der Waals surface area contributed by atoms with Gasteiger partial charge in [0.1, 0.15) is 12.4 Å². The van der Waals surface area contributed by atoms with Gasteiger partial charge in [0.05, 0.1) is 7.11 Å². The maximum atomic E-state index is 11.8. The first-order valence-electron chi connectivity index (χ1n) is 4.47. The van der Waals surface area contributed by atoms with E-state index in [1.165, 1.54) is 0 Å². The van der Waals surface area contributed by atoms with Crippen LogP contribution in [0, 0.1) is 0 Å². The molecule has 1 aromatic carbocycles. The second-order valence-corrected chi connectivity index (χ2v) is 2.94. The molecule has 3 nitrogen and oxygen atoms in total. The van der Waals surface area contributed by atoms with Gasteiger partial charge in [-0.2, -0.15) is 0 Å². The molecule has 0 heterocycles. The maximum Gasteiger partial charge on any atom is 0.123 e. The Bertz CT molecular complexity index is 291. The van der Waals surface area contributed by atoms with Gasteiger partial charge in [0.15, 0.2) is 0 Å². The number of benzene rings is 1. The lowest BCUT2D eigenvalue weighted by atomic mass is 10.2. The topological polar surface area (TPSA) is 47.3 Å². The highest BCUT2D eigenvalue weighted by molar-refractivity contribution is 5.47. The highest BCUT2D eigenvalue weighted by Crippen LogP contribution is 2.20. The van der Waals surface area contributed by atoms with Gasteiger partial charge in [-0.1, -0.05) is 0 Å². The normalized spacial score (nSPS) is 10.1. The summed E-state index contributed by atoms with van der Waals surface area (Å²) in [7, 11) is 1.60. The fraction of sp³-hybridized carbons (Fsp3) is 0.400. The van der Waals surface area contributed by atoms with Crippen molar-refractivity contribution in [2.75, 3.05) is 26.1 Å². The van der Waals surface area contributed by atoms with Crippen molar-refractivity contribution in [3.8, 4) is 5.75 Å². The summed E-state index contributed by atoms with van der Waals surface area (Å²) in [4.78, 5) is 0. The molecule has 14 heavy (non-hydrogen) atoms. The van der Waals surface area contributed by atoms with E-state index in [9.17, 15) is 4.39 Å². The molecule has 0 unspecified atom stereocenters. The Morgan fingerprint density at radius 3 is 2.93 bits per heavy atom. The molecule has 0 amide bonds.